The van der Waals surface area contributed by atoms with Crippen molar-refractivity contribution in [2.45, 2.75) is 19.1 Å². The second-order valence-electron chi connectivity index (χ2n) is 12.0. The van der Waals surface area contributed by atoms with Crippen molar-refractivity contribution in [1.82, 2.24) is 19.4 Å². The van der Waals surface area contributed by atoms with Crippen LogP contribution in [-0.2, 0) is 19.8 Å². The van der Waals surface area contributed by atoms with Gasteiger partial charge in [0.05, 0.1) is 23.0 Å². The van der Waals surface area contributed by atoms with E-state index in [1.165, 1.54) is 30.3 Å². The molecule has 9 nitrogen and oxygen atoms in total. The lowest BCUT2D eigenvalue weighted by Gasteiger charge is -2.34. The molecule has 1 fully saturated rings. The van der Waals surface area contributed by atoms with Gasteiger partial charge in [0.2, 0.25) is 5.88 Å². The van der Waals surface area contributed by atoms with Crippen LogP contribution >= 0.6 is 0 Å². The van der Waals surface area contributed by atoms with Gasteiger partial charge in [0.25, 0.3) is 11.8 Å². The van der Waals surface area contributed by atoms with Crippen molar-refractivity contribution < 1.29 is 45.4 Å². The summed E-state index contributed by atoms with van der Waals surface area (Å²) < 4.78 is 87.6. The standard InChI is InChI=1S/C36H31F6N5O4/c1-44(33(48)24-5-8-26(9-6-24)35(37,38)39)27-10-14-32(43-21-27)50-29-13-7-25-19-31(45(2)30(25)20-29)34(49)47-17-15-46(16-18-47)22-23-3-11-28(12-4-23)51-36(40,41)42/h3-14,19-21H,15-18,22H2,1-2H3. The van der Waals surface area contributed by atoms with E-state index in [4.69, 9.17) is 4.74 Å². The van der Waals surface area contributed by atoms with Crippen LogP contribution in [0, 0.1) is 0 Å². The Morgan fingerprint density at radius 1 is 0.824 bits per heavy atom. The third-order valence-corrected chi connectivity index (χ3v) is 8.55. The largest absolute Gasteiger partial charge is 0.573 e. The molecule has 1 saturated heterocycles. The number of amides is 2. The van der Waals surface area contributed by atoms with Crippen LogP contribution in [-0.4, -0.2) is 70.8 Å². The average Bonchev–Trinajstić information content (AvgIpc) is 3.43. The second kappa shape index (κ2) is 14.0. The topological polar surface area (TPSA) is 80.1 Å². The maximum Gasteiger partial charge on any atom is 0.573 e. The second-order valence-corrected chi connectivity index (χ2v) is 12.0. The van der Waals surface area contributed by atoms with Gasteiger partial charge in [-0.15, -0.1) is 13.2 Å². The van der Waals surface area contributed by atoms with Gasteiger partial charge in [-0.1, -0.05) is 12.1 Å². The van der Waals surface area contributed by atoms with Gasteiger partial charge in [0.15, 0.2) is 0 Å². The van der Waals surface area contributed by atoms with Gasteiger partial charge >= 0.3 is 12.5 Å². The quantitative estimate of drug-likeness (QED) is 0.155. The van der Waals surface area contributed by atoms with Crippen LogP contribution in [0.3, 0.4) is 0 Å². The van der Waals surface area contributed by atoms with Gasteiger partial charge in [-0.25, -0.2) is 4.98 Å². The molecule has 266 valence electrons. The number of rotatable bonds is 8. The minimum absolute atomic E-state index is 0.0903. The van der Waals surface area contributed by atoms with E-state index < -0.39 is 24.0 Å². The molecule has 2 aromatic heterocycles. The van der Waals surface area contributed by atoms with E-state index in [2.05, 4.69) is 14.6 Å². The first kappa shape index (κ1) is 35.3. The maximum absolute atomic E-state index is 13.5. The smallest absolute Gasteiger partial charge is 0.439 e. The van der Waals surface area contributed by atoms with Crippen molar-refractivity contribution in [3.8, 4) is 17.4 Å². The SMILES string of the molecule is CN(C(=O)c1ccc(C(F)(F)F)cc1)c1ccc(Oc2ccc3cc(C(=O)N4CCN(Cc5ccc(OC(F)(F)F)cc5)CC4)n(C)c3c2)nc1. The number of fused-ring (bicyclic) bond motifs is 1. The third kappa shape index (κ3) is 8.26. The normalized spacial score (nSPS) is 14.1. The van der Waals surface area contributed by atoms with Crippen molar-refractivity contribution in [2.24, 2.45) is 7.05 Å². The van der Waals surface area contributed by atoms with E-state index in [1.807, 2.05) is 12.1 Å². The minimum atomic E-state index is -4.74. The molecule has 1 aliphatic rings. The molecule has 0 saturated carbocycles. The molecule has 0 atom stereocenters. The van der Waals surface area contributed by atoms with E-state index in [9.17, 15) is 35.9 Å². The zero-order valence-electron chi connectivity index (χ0n) is 27.3. The summed E-state index contributed by atoms with van der Waals surface area (Å²) in [6, 6.07) is 20.1. The molecule has 0 spiro atoms. The molecular formula is C36H31F6N5O4. The summed E-state index contributed by atoms with van der Waals surface area (Å²) in [4.78, 5) is 35.8. The highest BCUT2D eigenvalue weighted by Crippen LogP contribution is 2.31. The monoisotopic (exact) mass is 711 g/mol. The number of aromatic nitrogens is 2. The molecule has 0 radical (unpaired) electrons. The summed E-state index contributed by atoms with van der Waals surface area (Å²) in [5.74, 6) is -0.210. The molecule has 6 rings (SSSR count). The Morgan fingerprint density at radius 2 is 1.49 bits per heavy atom. The Morgan fingerprint density at radius 3 is 2.10 bits per heavy atom. The van der Waals surface area contributed by atoms with Gasteiger partial charge in [-0.05, 0) is 66.2 Å². The Kier molecular flexibility index (Phi) is 9.66. The molecule has 0 N–H and O–H groups in total. The number of pyridine rings is 1. The maximum atomic E-state index is 13.5. The number of carbonyl (C=O) groups excluding carboxylic acids is 2. The van der Waals surface area contributed by atoms with Crippen molar-refractivity contribution in [3.63, 3.8) is 0 Å². The van der Waals surface area contributed by atoms with Gasteiger partial charge in [0, 0.05) is 69.9 Å². The van der Waals surface area contributed by atoms with Crippen molar-refractivity contribution in [3.05, 3.63) is 114 Å². The molecule has 0 unspecified atom stereocenters. The van der Waals surface area contributed by atoms with Crippen LogP contribution in [0.15, 0.2) is 91.1 Å². The summed E-state index contributed by atoms with van der Waals surface area (Å²) >= 11 is 0. The predicted octanol–water partition coefficient (Wildman–Crippen LogP) is 7.52. The number of alkyl halides is 6. The summed E-state index contributed by atoms with van der Waals surface area (Å²) in [6.45, 7) is 2.69. The molecule has 0 aliphatic carbocycles. The lowest BCUT2D eigenvalue weighted by Crippen LogP contribution is -2.48. The Labute approximate surface area is 288 Å². The van der Waals surface area contributed by atoms with E-state index >= 15 is 0 Å². The molecule has 5 aromatic rings. The fourth-order valence-electron chi connectivity index (χ4n) is 5.77. The summed E-state index contributed by atoms with van der Waals surface area (Å²) in [6.07, 6.45) is -7.83. The highest BCUT2D eigenvalue weighted by atomic mass is 19.4. The van der Waals surface area contributed by atoms with Gasteiger partial charge in [-0.2, -0.15) is 13.2 Å². The third-order valence-electron chi connectivity index (χ3n) is 8.55. The van der Waals surface area contributed by atoms with Crippen LogP contribution in [0.1, 0.15) is 32.0 Å². The van der Waals surface area contributed by atoms with Gasteiger partial charge < -0.3 is 23.8 Å². The van der Waals surface area contributed by atoms with Gasteiger partial charge in [0.1, 0.15) is 17.2 Å². The van der Waals surface area contributed by atoms with E-state index in [0.717, 1.165) is 40.7 Å². The molecule has 0 bridgehead atoms. The molecule has 3 heterocycles. The number of hydrogen-bond acceptors (Lipinski definition) is 6. The molecule has 51 heavy (non-hydrogen) atoms. The molecule has 3 aromatic carbocycles. The number of benzene rings is 3. The van der Waals surface area contributed by atoms with Crippen LogP contribution < -0.4 is 14.4 Å². The van der Waals surface area contributed by atoms with Crippen LogP contribution in [0.2, 0.25) is 0 Å². The lowest BCUT2D eigenvalue weighted by molar-refractivity contribution is -0.274. The number of aryl methyl sites for hydroxylation is 1. The number of ether oxygens (including phenoxy) is 2. The fraction of sp³-hybridized carbons (Fsp3) is 0.250. The lowest BCUT2D eigenvalue weighted by atomic mass is 10.1. The van der Waals surface area contributed by atoms with Crippen LogP contribution in [0.4, 0.5) is 32.0 Å². The fourth-order valence-corrected chi connectivity index (χ4v) is 5.77. The van der Waals surface area contributed by atoms with Crippen LogP contribution in [0.25, 0.3) is 10.9 Å². The minimum Gasteiger partial charge on any atom is -0.439 e. The first-order chi connectivity index (χ1) is 24.1. The Bertz CT molecular complexity index is 2020. The first-order valence-corrected chi connectivity index (χ1v) is 15.7. The van der Waals surface area contributed by atoms with Crippen molar-refractivity contribution in [1.29, 1.82) is 0 Å². The summed E-state index contributed by atoms with van der Waals surface area (Å²) in [7, 11) is 3.28. The number of hydrogen-bond donors (Lipinski definition) is 0. The number of nitrogens with zero attached hydrogens (tertiary/aromatic N) is 5. The molecular weight excluding hydrogens is 680 g/mol. The Hall–Kier alpha value is -5.57. The zero-order chi connectivity index (χ0) is 36.5. The summed E-state index contributed by atoms with van der Waals surface area (Å²) in [5, 5.41) is 0.830. The van der Waals surface area contributed by atoms with Crippen molar-refractivity contribution in [2.75, 3.05) is 38.1 Å². The van der Waals surface area contributed by atoms with E-state index in [0.29, 0.717) is 49.9 Å². The predicted molar refractivity (Wildman–Crippen MR) is 176 cm³/mol. The number of carbonyl (C=O) groups is 2. The molecule has 15 heteroatoms. The highest BCUT2D eigenvalue weighted by molar-refractivity contribution is 6.05. The van der Waals surface area contributed by atoms with Gasteiger partial charge in [-0.3, -0.25) is 14.5 Å². The van der Waals surface area contributed by atoms with E-state index in [1.54, 1.807) is 52.9 Å². The molecule has 1 aliphatic heterocycles. The van der Waals surface area contributed by atoms with Crippen molar-refractivity contribution >= 4 is 28.4 Å². The van der Waals surface area contributed by atoms with Crippen LogP contribution in [0.5, 0.6) is 17.4 Å². The first-order valence-electron chi connectivity index (χ1n) is 15.7. The number of halogens is 6. The number of anilines is 1. The highest BCUT2D eigenvalue weighted by Gasteiger charge is 2.32. The zero-order valence-corrected chi connectivity index (χ0v) is 27.3. The average molecular weight is 712 g/mol. The van der Waals surface area contributed by atoms with E-state index in [-0.39, 0.29) is 23.1 Å². The number of piperazine rings is 1. The molecule has 2 amide bonds. The Balaban J connectivity index is 1.05. The summed E-state index contributed by atoms with van der Waals surface area (Å²) in [5.41, 5.74) is 1.74.